The molecule has 0 aromatic carbocycles. The number of halogens is 1. The summed E-state index contributed by atoms with van der Waals surface area (Å²) >= 11 is 3.78. The SMILES string of the molecule is O=C(NCC1CCCCC1O)c1csc(I)c1. The molecule has 0 saturated heterocycles. The molecule has 0 radical (unpaired) electrons. The number of amides is 1. The molecule has 2 rings (SSSR count). The first-order chi connectivity index (χ1) is 8.16. The summed E-state index contributed by atoms with van der Waals surface area (Å²) in [6.45, 7) is 0.590. The van der Waals surface area contributed by atoms with Crippen molar-refractivity contribution in [2.24, 2.45) is 5.92 Å². The molecule has 1 saturated carbocycles. The molecule has 17 heavy (non-hydrogen) atoms. The van der Waals surface area contributed by atoms with Crippen LogP contribution in [-0.4, -0.2) is 23.7 Å². The maximum absolute atomic E-state index is 11.8. The van der Waals surface area contributed by atoms with Crippen LogP contribution < -0.4 is 5.32 Å². The summed E-state index contributed by atoms with van der Waals surface area (Å²) in [6.07, 6.45) is 3.91. The average molecular weight is 365 g/mol. The molecule has 1 heterocycles. The summed E-state index contributed by atoms with van der Waals surface area (Å²) in [5.41, 5.74) is 0.727. The Kier molecular flexibility index (Phi) is 4.81. The standard InChI is InChI=1S/C12H16INO2S/c13-11-5-9(7-17-11)12(16)14-6-8-3-1-2-4-10(8)15/h5,7-8,10,15H,1-4,6H2,(H,14,16). The van der Waals surface area contributed by atoms with Gasteiger partial charge in [0.2, 0.25) is 0 Å². The van der Waals surface area contributed by atoms with Crippen LogP contribution >= 0.6 is 33.9 Å². The van der Waals surface area contributed by atoms with Crippen molar-refractivity contribution in [2.75, 3.05) is 6.54 Å². The molecule has 1 aliphatic carbocycles. The monoisotopic (exact) mass is 365 g/mol. The first-order valence-electron chi connectivity index (χ1n) is 5.87. The molecular formula is C12H16INO2S. The lowest BCUT2D eigenvalue weighted by Gasteiger charge is -2.27. The van der Waals surface area contributed by atoms with Crippen molar-refractivity contribution in [3.05, 3.63) is 19.9 Å². The molecule has 2 unspecified atom stereocenters. The van der Waals surface area contributed by atoms with E-state index in [1.807, 2.05) is 11.4 Å². The van der Waals surface area contributed by atoms with Crippen molar-refractivity contribution in [1.82, 2.24) is 5.32 Å². The van der Waals surface area contributed by atoms with Gasteiger partial charge in [-0.05, 0) is 41.5 Å². The molecule has 1 aromatic heterocycles. The van der Waals surface area contributed by atoms with E-state index >= 15 is 0 Å². The lowest BCUT2D eigenvalue weighted by atomic mass is 9.86. The second-order valence-corrected chi connectivity index (χ2v) is 7.27. The van der Waals surface area contributed by atoms with Gasteiger partial charge in [-0.15, -0.1) is 11.3 Å². The highest BCUT2D eigenvalue weighted by Gasteiger charge is 2.23. The smallest absolute Gasteiger partial charge is 0.252 e. The third-order valence-corrected chi connectivity index (χ3v) is 5.01. The van der Waals surface area contributed by atoms with Crippen LogP contribution in [0.4, 0.5) is 0 Å². The van der Waals surface area contributed by atoms with Crippen LogP contribution in [0.1, 0.15) is 36.0 Å². The Morgan fingerprint density at radius 1 is 1.53 bits per heavy atom. The van der Waals surface area contributed by atoms with Crippen molar-refractivity contribution >= 4 is 39.8 Å². The highest BCUT2D eigenvalue weighted by molar-refractivity contribution is 14.1. The number of aliphatic hydroxyl groups is 1. The van der Waals surface area contributed by atoms with E-state index in [-0.39, 0.29) is 17.9 Å². The quantitative estimate of drug-likeness (QED) is 0.810. The second-order valence-electron chi connectivity index (χ2n) is 4.46. The predicted octanol–water partition coefficient (Wildman–Crippen LogP) is 2.63. The number of rotatable bonds is 3. The highest BCUT2D eigenvalue weighted by Crippen LogP contribution is 2.24. The van der Waals surface area contributed by atoms with E-state index in [9.17, 15) is 9.90 Å². The minimum atomic E-state index is -0.244. The zero-order valence-electron chi connectivity index (χ0n) is 9.49. The van der Waals surface area contributed by atoms with E-state index in [1.165, 1.54) is 0 Å². The van der Waals surface area contributed by atoms with Crippen LogP contribution in [0, 0.1) is 8.80 Å². The maximum atomic E-state index is 11.8. The average Bonchev–Trinajstić information content (AvgIpc) is 2.74. The van der Waals surface area contributed by atoms with E-state index in [0.29, 0.717) is 6.54 Å². The molecule has 2 atom stereocenters. The van der Waals surface area contributed by atoms with Gasteiger partial charge < -0.3 is 10.4 Å². The van der Waals surface area contributed by atoms with Gasteiger partial charge in [-0.25, -0.2) is 0 Å². The first kappa shape index (κ1) is 13.3. The van der Waals surface area contributed by atoms with Crippen LogP contribution in [-0.2, 0) is 0 Å². The molecule has 3 nitrogen and oxygen atoms in total. The highest BCUT2D eigenvalue weighted by atomic mass is 127. The number of carbonyl (C=O) groups excluding carboxylic acids is 1. The fourth-order valence-electron chi connectivity index (χ4n) is 2.18. The van der Waals surface area contributed by atoms with E-state index in [4.69, 9.17) is 0 Å². The minimum Gasteiger partial charge on any atom is -0.393 e. The summed E-state index contributed by atoms with van der Waals surface area (Å²) in [5.74, 6) is 0.201. The van der Waals surface area contributed by atoms with Gasteiger partial charge in [-0.3, -0.25) is 4.79 Å². The third kappa shape index (κ3) is 3.66. The van der Waals surface area contributed by atoms with Gasteiger partial charge in [0.1, 0.15) is 0 Å². The lowest BCUT2D eigenvalue weighted by molar-refractivity contribution is 0.0663. The van der Waals surface area contributed by atoms with E-state index in [0.717, 1.165) is 34.1 Å². The van der Waals surface area contributed by atoms with Crippen molar-refractivity contribution in [3.8, 4) is 0 Å². The normalized spacial score (nSPS) is 24.6. The number of nitrogens with one attached hydrogen (secondary N) is 1. The summed E-state index contributed by atoms with van der Waals surface area (Å²) < 4.78 is 1.12. The molecular weight excluding hydrogens is 349 g/mol. The Labute approximate surface area is 119 Å². The zero-order valence-corrected chi connectivity index (χ0v) is 12.5. The van der Waals surface area contributed by atoms with Crippen molar-refractivity contribution in [2.45, 2.75) is 31.8 Å². The topological polar surface area (TPSA) is 49.3 Å². The molecule has 1 fully saturated rings. The number of thiophene rings is 1. The van der Waals surface area contributed by atoms with Gasteiger partial charge in [-0.1, -0.05) is 12.8 Å². The van der Waals surface area contributed by atoms with Crippen molar-refractivity contribution in [3.63, 3.8) is 0 Å². The predicted molar refractivity (Wildman–Crippen MR) is 77.3 cm³/mol. The Morgan fingerprint density at radius 2 is 2.29 bits per heavy atom. The Bertz CT molecular complexity index is 394. The van der Waals surface area contributed by atoms with E-state index in [2.05, 4.69) is 27.9 Å². The summed E-state index contributed by atoms with van der Waals surface area (Å²) in [7, 11) is 0. The molecule has 1 aliphatic rings. The molecule has 0 aliphatic heterocycles. The first-order valence-corrected chi connectivity index (χ1v) is 7.83. The molecule has 1 amide bonds. The molecule has 0 spiro atoms. The van der Waals surface area contributed by atoms with E-state index in [1.54, 1.807) is 11.3 Å². The third-order valence-electron chi connectivity index (χ3n) is 3.22. The van der Waals surface area contributed by atoms with Crippen LogP contribution in [0.5, 0.6) is 0 Å². The molecule has 94 valence electrons. The summed E-state index contributed by atoms with van der Waals surface area (Å²) in [4.78, 5) is 11.8. The number of hydrogen-bond acceptors (Lipinski definition) is 3. The Hall–Kier alpha value is -0.140. The van der Waals surface area contributed by atoms with Gasteiger partial charge in [0.15, 0.2) is 0 Å². The molecule has 5 heteroatoms. The Balaban J connectivity index is 1.83. The van der Waals surface area contributed by atoms with Crippen molar-refractivity contribution < 1.29 is 9.90 Å². The molecule has 0 bridgehead atoms. The fraction of sp³-hybridized carbons (Fsp3) is 0.583. The van der Waals surface area contributed by atoms with Crippen LogP contribution in [0.3, 0.4) is 0 Å². The van der Waals surface area contributed by atoms with Gasteiger partial charge in [0, 0.05) is 17.8 Å². The minimum absolute atomic E-state index is 0.0260. The van der Waals surface area contributed by atoms with Gasteiger partial charge in [0.25, 0.3) is 5.91 Å². The molecule has 2 N–H and O–H groups in total. The van der Waals surface area contributed by atoms with Crippen LogP contribution in [0.2, 0.25) is 0 Å². The van der Waals surface area contributed by atoms with Gasteiger partial charge in [-0.2, -0.15) is 0 Å². The number of hydrogen-bond donors (Lipinski definition) is 2. The number of aliphatic hydroxyl groups excluding tert-OH is 1. The molecule has 1 aromatic rings. The van der Waals surface area contributed by atoms with Gasteiger partial charge in [0.05, 0.1) is 14.6 Å². The largest absolute Gasteiger partial charge is 0.393 e. The fourth-order valence-corrected chi connectivity index (χ4v) is 3.51. The van der Waals surface area contributed by atoms with E-state index < -0.39 is 0 Å². The zero-order chi connectivity index (χ0) is 12.3. The van der Waals surface area contributed by atoms with Crippen molar-refractivity contribution in [1.29, 1.82) is 0 Å². The summed E-state index contributed by atoms with van der Waals surface area (Å²) in [6, 6.07) is 1.89. The maximum Gasteiger partial charge on any atom is 0.252 e. The summed E-state index contributed by atoms with van der Waals surface area (Å²) in [5, 5.41) is 14.6. The Morgan fingerprint density at radius 3 is 2.94 bits per heavy atom. The number of carbonyl (C=O) groups is 1. The van der Waals surface area contributed by atoms with Crippen LogP contribution in [0.25, 0.3) is 0 Å². The van der Waals surface area contributed by atoms with Gasteiger partial charge >= 0.3 is 0 Å². The lowest BCUT2D eigenvalue weighted by Crippen LogP contribution is -2.36. The van der Waals surface area contributed by atoms with Crippen LogP contribution in [0.15, 0.2) is 11.4 Å². The second kappa shape index (κ2) is 6.15.